The molecule has 1 fully saturated rings. The van der Waals surface area contributed by atoms with Crippen molar-refractivity contribution in [2.75, 3.05) is 31.6 Å². The van der Waals surface area contributed by atoms with E-state index in [0.29, 0.717) is 17.5 Å². The van der Waals surface area contributed by atoms with Gasteiger partial charge >= 0.3 is 0 Å². The number of hydrogen-bond donors (Lipinski definition) is 2. The Balaban J connectivity index is 1.74. The minimum Gasteiger partial charge on any atom is -0.378 e. The standard InChI is InChI=1S/C15H23N5O/c1-11-12(2)19-20-15(14(11)10-16)18-6-3-9-21-13-4-7-17-8-5-13/h13,17H,3-9H2,1-2H3,(H,18,20). The molecule has 1 aromatic heterocycles. The lowest BCUT2D eigenvalue weighted by atomic mass is 10.1. The molecule has 1 saturated heterocycles. The fraction of sp³-hybridized carbons (Fsp3) is 0.667. The van der Waals surface area contributed by atoms with Gasteiger partial charge in [0.1, 0.15) is 11.6 Å². The molecule has 2 N–H and O–H groups in total. The van der Waals surface area contributed by atoms with Gasteiger partial charge in [-0.15, -0.1) is 5.10 Å². The first-order valence-electron chi connectivity index (χ1n) is 7.52. The number of anilines is 1. The highest BCUT2D eigenvalue weighted by Crippen LogP contribution is 2.16. The molecule has 0 bridgehead atoms. The second-order valence-corrected chi connectivity index (χ2v) is 5.35. The predicted octanol–water partition coefficient (Wildman–Crippen LogP) is 1.54. The number of hydrogen-bond acceptors (Lipinski definition) is 6. The fourth-order valence-corrected chi connectivity index (χ4v) is 2.36. The summed E-state index contributed by atoms with van der Waals surface area (Å²) in [5.74, 6) is 0.572. The fourth-order valence-electron chi connectivity index (χ4n) is 2.36. The van der Waals surface area contributed by atoms with Crippen molar-refractivity contribution >= 4 is 5.82 Å². The SMILES string of the molecule is Cc1nnc(NCCCOC2CCNCC2)c(C#N)c1C. The molecule has 6 nitrogen and oxygen atoms in total. The van der Waals surface area contributed by atoms with Crippen molar-refractivity contribution in [2.24, 2.45) is 0 Å². The lowest BCUT2D eigenvalue weighted by molar-refractivity contribution is 0.0329. The van der Waals surface area contributed by atoms with E-state index in [-0.39, 0.29) is 0 Å². The van der Waals surface area contributed by atoms with Crippen LogP contribution in [-0.2, 0) is 4.74 Å². The van der Waals surface area contributed by atoms with Gasteiger partial charge in [0.2, 0.25) is 0 Å². The molecule has 1 aromatic rings. The van der Waals surface area contributed by atoms with Crippen molar-refractivity contribution in [3.63, 3.8) is 0 Å². The Bertz CT molecular complexity index is 506. The van der Waals surface area contributed by atoms with Crippen molar-refractivity contribution in [2.45, 2.75) is 39.2 Å². The Kier molecular flexibility index (Phi) is 5.90. The molecule has 0 amide bonds. The monoisotopic (exact) mass is 289 g/mol. The largest absolute Gasteiger partial charge is 0.378 e. The Morgan fingerprint density at radius 2 is 2.10 bits per heavy atom. The predicted molar refractivity (Wildman–Crippen MR) is 81.2 cm³/mol. The van der Waals surface area contributed by atoms with Crippen molar-refractivity contribution < 1.29 is 4.74 Å². The smallest absolute Gasteiger partial charge is 0.166 e. The molecule has 0 radical (unpaired) electrons. The van der Waals surface area contributed by atoms with E-state index in [1.807, 2.05) is 13.8 Å². The zero-order valence-electron chi connectivity index (χ0n) is 12.8. The normalized spacial score (nSPS) is 15.7. The molecule has 0 saturated carbocycles. The van der Waals surface area contributed by atoms with Gasteiger partial charge in [-0.05, 0) is 51.8 Å². The third-order valence-electron chi connectivity index (χ3n) is 3.82. The maximum absolute atomic E-state index is 9.21. The average Bonchev–Trinajstić information content (AvgIpc) is 2.51. The molecular weight excluding hydrogens is 266 g/mol. The van der Waals surface area contributed by atoms with Crippen LogP contribution in [0.25, 0.3) is 0 Å². The number of aryl methyl sites for hydroxylation is 1. The Morgan fingerprint density at radius 3 is 2.81 bits per heavy atom. The lowest BCUT2D eigenvalue weighted by Crippen LogP contribution is -2.32. The second kappa shape index (κ2) is 7.91. The van der Waals surface area contributed by atoms with Gasteiger partial charge in [0, 0.05) is 13.2 Å². The van der Waals surface area contributed by atoms with Gasteiger partial charge in [-0.2, -0.15) is 10.4 Å². The van der Waals surface area contributed by atoms with E-state index in [9.17, 15) is 5.26 Å². The quantitative estimate of drug-likeness (QED) is 0.773. The van der Waals surface area contributed by atoms with Crippen molar-refractivity contribution in [3.8, 4) is 6.07 Å². The summed E-state index contributed by atoms with van der Waals surface area (Å²) < 4.78 is 5.84. The molecule has 0 atom stereocenters. The molecule has 114 valence electrons. The van der Waals surface area contributed by atoms with Crippen molar-refractivity contribution in [3.05, 3.63) is 16.8 Å². The van der Waals surface area contributed by atoms with E-state index in [1.54, 1.807) is 0 Å². The molecule has 2 rings (SSSR count). The van der Waals surface area contributed by atoms with Crippen molar-refractivity contribution in [1.82, 2.24) is 15.5 Å². The van der Waals surface area contributed by atoms with Crippen molar-refractivity contribution in [1.29, 1.82) is 5.26 Å². The third-order valence-corrected chi connectivity index (χ3v) is 3.82. The van der Waals surface area contributed by atoms with E-state index >= 15 is 0 Å². The number of nitrogens with zero attached hydrogens (tertiary/aromatic N) is 3. The van der Waals surface area contributed by atoms with Crippen LogP contribution < -0.4 is 10.6 Å². The van der Waals surface area contributed by atoms with E-state index in [2.05, 4.69) is 26.9 Å². The van der Waals surface area contributed by atoms with Crippen LogP contribution in [0.15, 0.2) is 0 Å². The van der Waals surface area contributed by atoms with Crippen LogP contribution in [-0.4, -0.2) is 42.5 Å². The van der Waals surface area contributed by atoms with Gasteiger partial charge in [-0.25, -0.2) is 0 Å². The number of rotatable bonds is 6. The topological polar surface area (TPSA) is 82.9 Å². The zero-order chi connectivity index (χ0) is 15.1. The summed E-state index contributed by atoms with van der Waals surface area (Å²) in [6.07, 6.45) is 3.47. The van der Waals surface area contributed by atoms with Crippen LogP contribution in [0.5, 0.6) is 0 Å². The van der Waals surface area contributed by atoms with Crippen LogP contribution in [0, 0.1) is 25.2 Å². The lowest BCUT2D eigenvalue weighted by Gasteiger charge is -2.22. The molecular formula is C15H23N5O. The third kappa shape index (κ3) is 4.38. The zero-order valence-corrected chi connectivity index (χ0v) is 12.8. The molecule has 0 aromatic carbocycles. The molecule has 0 unspecified atom stereocenters. The molecule has 6 heteroatoms. The number of nitrogens with one attached hydrogen (secondary N) is 2. The Morgan fingerprint density at radius 1 is 1.33 bits per heavy atom. The Hall–Kier alpha value is -1.71. The summed E-state index contributed by atoms with van der Waals surface area (Å²) in [5, 5.41) is 23.8. The van der Waals surface area contributed by atoms with Gasteiger partial charge in [-0.3, -0.25) is 0 Å². The summed E-state index contributed by atoms with van der Waals surface area (Å²) >= 11 is 0. The number of aromatic nitrogens is 2. The molecule has 2 heterocycles. The van der Waals surface area contributed by atoms with E-state index in [0.717, 1.165) is 56.8 Å². The first-order chi connectivity index (χ1) is 10.2. The summed E-state index contributed by atoms with van der Waals surface area (Å²) in [4.78, 5) is 0. The molecule has 0 aliphatic carbocycles. The summed E-state index contributed by atoms with van der Waals surface area (Å²) in [6, 6.07) is 2.19. The molecule has 21 heavy (non-hydrogen) atoms. The maximum Gasteiger partial charge on any atom is 0.166 e. The summed E-state index contributed by atoms with van der Waals surface area (Å²) in [7, 11) is 0. The van der Waals surface area contributed by atoms with Gasteiger partial charge in [0.15, 0.2) is 5.82 Å². The first-order valence-corrected chi connectivity index (χ1v) is 7.52. The van der Waals surface area contributed by atoms with Gasteiger partial charge in [0.25, 0.3) is 0 Å². The summed E-state index contributed by atoms with van der Waals surface area (Å²) in [6.45, 7) is 7.32. The highest BCUT2D eigenvalue weighted by Gasteiger charge is 2.13. The minimum absolute atomic E-state index is 0.391. The van der Waals surface area contributed by atoms with Crippen LogP contribution in [0.4, 0.5) is 5.82 Å². The summed E-state index contributed by atoms with van der Waals surface area (Å²) in [5.41, 5.74) is 2.27. The highest BCUT2D eigenvalue weighted by molar-refractivity contribution is 5.55. The number of piperidine rings is 1. The van der Waals surface area contributed by atoms with Crippen LogP contribution in [0.3, 0.4) is 0 Å². The maximum atomic E-state index is 9.21. The first kappa shape index (κ1) is 15.7. The number of ether oxygens (including phenoxy) is 1. The van der Waals surface area contributed by atoms with Crippen LogP contribution >= 0.6 is 0 Å². The minimum atomic E-state index is 0.391. The highest BCUT2D eigenvalue weighted by atomic mass is 16.5. The van der Waals surface area contributed by atoms with Crippen LogP contribution in [0.1, 0.15) is 36.1 Å². The molecule has 1 aliphatic heterocycles. The van der Waals surface area contributed by atoms with Gasteiger partial charge < -0.3 is 15.4 Å². The van der Waals surface area contributed by atoms with E-state index < -0.39 is 0 Å². The van der Waals surface area contributed by atoms with Gasteiger partial charge in [-0.1, -0.05) is 0 Å². The number of nitriles is 1. The van der Waals surface area contributed by atoms with Gasteiger partial charge in [0.05, 0.1) is 11.8 Å². The molecule has 1 aliphatic rings. The average molecular weight is 289 g/mol. The molecule has 0 spiro atoms. The van der Waals surface area contributed by atoms with E-state index in [1.165, 1.54) is 0 Å². The van der Waals surface area contributed by atoms with E-state index in [4.69, 9.17) is 4.74 Å². The van der Waals surface area contributed by atoms with Crippen LogP contribution in [0.2, 0.25) is 0 Å². The second-order valence-electron chi connectivity index (χ2n) is 5.35. The Labute approximate surface area is 125 Å².